The second-order valence-corrected chi connectivity index (χ2v) is 8.77. The minimum Gasteiger partial charge on any atom is -0.333 e. The predicted octanol–water partition coefficient (Wildman–Crippen LogP) is 4.94. The van der Waals surface area contributed by atoms with E-state index < -0.39 is 0 Å². The van der Waals surface area contributed by atoms with Crippen molar-refractivity contribution in [2.45, 2.75) is 31.8 Å². The number of amides is 1. The lowest BCUT2D eigenvalue weighted by Crippen LogP contribution is -2.31. The van der Waals surface area contributed by atoms with E-state index in [1.54, 1.807) is 24.9 Å². The van der Waals surface area contributed by atoms with Crippen molar-refractivity contribution >= 4 is 17.5 Å². The summed E-state index contributed by atoms with van der Waals surface area (Å²) >= 11 is 6.12. The molecule has 5 rings (SSSR count). The van der Waals surface area contributed by atoms with Gasteiger partial charge < -0.3 is 9.47 Å². The van der Waals surface area contributed by atoms with Crippen LogP contribution in [0.4, 0.5) is 0 Å². The smallest absolute Gasteiger partial charge is 0.254 e. The first-order valence-corrected chi connectivity index (χ1v) is 11.4. The molecule has 0 radical (unpaired) electrons. The third-order valence-electron chi connectivity index (χ3n) is 5.93. The highest BCUT2D eigenvalue weighted by atomic mass is 35.5. The van der Waals surface area contributed by atoms with Crippen LogP contribution in [0.2, 0.25) is 5.02 Å². The summed E-state index contributed by atoms with van der Waals surface area (Å²) in [6, 6.07) is 15.5. The van der Waals surface area contributed by atoms with E-state index in [9.17, 15) is 4.79 Å². The number of carbonyl (C=O) groups excluding carboxylic acids is 1. The molecule has 1 amide bonds. The van der Waals surface area contributed by atoms with Gasteiger partial charge in [-0.05, 0) is 48.2 Å². The summed E-state index contributed by atoms with van der Waals surface area (Å²) in [6.45, 7) is 1.40. The zero-order valence-corrected chi connectivity index (χ0v) is 18.9. The molecule has 6 nitrogen and oxygen atoms in total. The number of hydrogen-bond acceptors (Lipinski definition) is 4. The number of likely N-dealkylation sites (tertiary alicyclic amines) is 1. The van der Waals surface area contributed by atoms with Gasteiger partial charge in [0.1, 0.15) is 0 Å². The summed E-state index contributed by atoms with van der Waals surface area (Å²) < 4.78 is 1.99. The molecule has 33 heavy (non-hydrogen) atoms. The van der Waals surface area contributed by atoms with Gasteiger partial charge in [-0.3, -0.25) is 14.8 Å². The number of halogens is 1. The van der Waals surface area contributed by atoms with Crippen LogP contribution in [0.5, 0.6) is 0 Å². The van der Waals surface area contributed by atoms with Gasteiger partial charge in [0.2, 0.25) is 0 Å². The highest BCUT2D eigenvalue weighted by Gasteiger charge is 2.32. The Hall–Kier alpha value is -3.51. The van der Waals surface area contributed by atoms with E-state index in [-0.39, 0.29) is 11.9 Å². The molecule has 0 aliphatic carbocycles. The van der Waals surface area contributed by atoms with E-state index in [2.05, 4.69) is 9.97 Å². The third kappa shape index (κ3) is 4.96. The Bertz CT molecular complexity index is 1260. The van der Waals surface area contributed by atoms with Crippen LogP contribution in [-0.2, 0) is 13.0 Å². The van der Waals surface area contributed by atoms with Crippen LogP contribution in [0.15, 0.2) is 79.6 Å². The number of imidazole rings is 1. The van der Waals surface area contributed by atoms with Crippen molar-refractivity contribution in [3.8, 4) is 0 Å². The average Bonchev–Trinajstić information content (AvgIpc) is 3.51. The lowest BCUT2D eigenvalue weighted by atomic mass is 10.1. The van der Waals surface area contributed by atoms with E-state index in [0.717, 1.165) is 41.9 Å². The van der Waals surface area contributed by atoms with Crippen molar-refractivity contribution < 1.29 is 4.79 Å². The van der Waals surface area contributed by atoms with Crippen LogP contribution in [0.25, 0.3) is 0 Å². The molecule has 0 bridgehead atoms. The van der Waals surface area contributed by atoms with Crippen LogP contribution in [0.3, 0.4) is 0 Å². The molecular weight excluding hydrogens is 434 g/mol. The first-order valence-electron chi connectivity index (χ1n) is 11.1. The van der Waals surface area contributed by atoms with Crippen molar-refractivity contribution in [2.24, 2.45) is 0 Å². The van der Waals surface area contributed by atoms with Crippen LogP contribution in [-0.4, -0.2) is 36.9 Å². The lowest BCUT2D eigenvalue weighted by molar-refractivity contribution is 0.0732. The molecule has 7 heteroatoms. The van der Waals surface area contributed by atoms with E-state index >= 15 is 0 Å². The van der Waals surface area contributed by atoms with Crippen LogP contribution in [0, 0.1) is 0 Å². The summed E-state index contributed by atoms with van der Waals surface area (Å²) in [7, 11) is 0. The summed E-state index contributed by atoms with van der Waals surface area (Å²) in [5.74, 6) is 0.0343. The lowest BCUT2D eigenvalue weighted by Gasteiger charge is -2.24. The fourth-order valence-corrected chi connectivity index (χ4v) is 4.61. The highest BCUT2D eigenvalue weighted by molar-refractivity contribution is 6.30. The van der Waals surface area contributed by atoms with Crippen LogP contribution in [0.1, 0.15) is 51.8 Å². The van der Waals surface area contributed by atoms with Gasteiger partial charge >= 0.3 is 0 Å². The molecule has 2 aromatic heterocycles. The number of benzene rings is 2. The van der Waals surface area contributed by atoms with E-state index in [4.69, 9.17) is 16.6 Å². The van der Waals surface area contributed by atoms with Gasteiger partial charge in [-0.15, -0.1) is 0 Å². The number of rotatable bonds is 6. The zero-order chi connectivity index (χ0) is 22.6. The maximum atomic E-state index is 13.4. The molecule has 1 fully saturated rings. The predicted molar refractivity (Wildman–Crippen MR) is 127 cm³/mol. The molecule has 0 spiro atoms. The molecule has 1 saturated heterocycles. The summed E-state index contributed by atoms with van der Waals surface area (Å²) in [4.78, 5) is 28.8. The molecule has 1 aliphatic heterocycles. The number of carbonyl (C=O) groups is 1. The molecule has 1 atom stereocenters. The Morgan fingerprint density at radius 3 is 2.79 bits per heavy atom. The second-order valence-electron chi connectivity index (χ2n) is 8.33. The topological polar surface area (TPSA) is 63.9 Å². The Morgan fingerprint density at radius 2 is 1.94 bits per heavy atom. The van der Waals surface area contributed by atoms with Crippen LogP contribution < -0.4 is 0 Å². The molecule has 0 unspecified atom stereocenters. The van der Waals surface area contributed by atoms with E-state index in [1.807, 2.05) is 64.2 Å². The molecule has 2 aromatic carbocycles. The van der Waals surface area contributed by atoms with Gasteiger partial charge in [-0.2, -0.15) is 0 Å². The first kappa shape index (κ1) is 21.3. The monoisotopic (exact) mass is 457 g/mol. The second kappa shape index (κ2) is 9.55. The van der Waals surface area contributed by atoms with Crippen molar-refractivity contribution in [3.05, 3.63) is 113 Å². The van der Waals surface area contributed by atoms with Crippen molar-refractivity contribution in [1.29, 1.82) is 0 Å². The summed E-state index contributed by atoms with van der Waals surface area (Å²) in [5.41, 5.74) is 4.56. The van der Waals surface area contributed by atoms with Gasteiger partial charge in [0, 0.05) is 48.7 Å². The molecule has 0 saturated carbocycles. The van der Waals surface area contributed by atoms with Crippen molar-refractivity contribution in [1.82, 2.24) is 24.4 Å². The van der Waals surface area contributed by atoms with E-state index in [1.165, 1.54) is 0 Å². The van der Waals surface area contributed by atoms with Crippen molar-refractivity contribution in [3.63, 3.8) is 0 Å². The van der Waals surface area contributed by atoms with Gasteiger partial charge in [0.05, 0.1) is 30.0 Å². The average molecular weight is 458 g/mol. The molecular formula is C26H24ClN5O. The van der Waals surface area contributed by atoms with Gasteiger partial charge in [0.25, 0.3) is 5.91 Å². The molecule has 0 N–H and O–H groups in total. The zero-order valence-electron chi connectivity index (χ0n) is 18.1. The number of nitrogens with zero attached hydrogens (tertiary/aromatic N) is 5. The SMILES string of the molecule is O=C(c1cccc(Cn2ccnc2)c1)N1CCC[C@H]1c1cncc(Cc2cccc(Cl)c2)n1. The van der Waals surface area contributed by atoms with Crippen LogP contribution >= 0.6 is 11.6 Å². The Labute approximate surface area is 197 Å². The Balaban J connectivity index is 1.34. The molecule has 1 aliphatic rings. The maximum absolute atomic E-state index is 13.4. The largest absolute Gasteiger partial charge is 0.333 e. The quantitative estimate of drug-likeness (QED) is 0.411. The molecule has 166 valence electrons. The number of aromatic nitrogens is 4. The molecule has 4 aromatic rings. The fourth-order valence-electron chi connectivity index (χ4n) is 4.40. The highest BCUT2D eigenvalue weighted by Crippen LogP contribution is 2.32. The summed E-state index contributed by atoms with van der Waals surface area (Å²) in [6.07, 6.45) is 11.5. The van der Waals surface area contributed by atoms with Gasteiger partial charge in [-0.1, -0.05) is 35.9 Å². The van der Waals surface area contributed by atoms with Gasteiger partial charge in [-0.25, -0.2) is 4.98 Å². The molecule has 3 heterocycles. The third-order valence-corrected chi connectivity index (χ3v) is 6.17. The van der Waals surface area contributed by atoms with Gasteiger partial charge in [0.15, 0.2) is 0 Å². The summed E-state index contributed by atoms with van der Waals surface area (Å²) in [5, 5.41) is 0.708. The number of hydrogen-bond donors (Lipinski definition) is 0. The fraction of sp³-hybridized carbons (Fsp3) is 0.231. The first-order chi connectivity index (χ1) is 16.2. The minimum absolute atomic E-state index is 0.0343. The Morgan fingerprint density at radius 1 is 1.06 bits per heavy atom. The van der Waals surface area contributed by atoms with E-state index in [0.29, 0.717) is 23.6 Å². The standard InChI is InChI=1S/C26H24ClN5O/c27-22-7-2-4-19(13-22)14-23-15-29-16-24(30-23)25-8-3-10-32(25)26(33)21-6-1-5-20(12-21)17-31-11-9-28-18-31/h1-2,4-7,9,11-13,15-16,18,25H,3,8,10,14,17H2/t25-/m0/s1. The normalized spacial score (nSPS) is 15.7. The Kier molecular flexibility index (Phi) is 6.17. The maximum Gasteiger partial charge on any atom is 0.254 e. The minimum atomic E-state index is -0.0679. The van der Waals surface area contributed by atoms with Crippen molar-refractivity contribution in [2.75, 3.05) is 6.54 Å².